The highest BCUT2D eigenvalue weighted by molar-refractivity contribution is 7.99. The summed E-state index contributed by atoms with van der Waals surface area (Å²) in [5.41, 5.74) is 5.67. The molecule has 0 amide bonds. The zero-order valence-corrected chi connectivity index (χ0v) is 10.4. The molecule has 1 heterocycles. The SMILES string of the molecule is COC(=O)CCSC(CN)c1ccc(C)o1. The number of methoxy groups -OCH3 is 1. The Labute approximate surface area is 99.5 Å². The summed E-state index contributed by atoms with van der Waals surface area (Å²) in [5.74, 6) is 2.24. The maximum absolute atomic E-state index is 10.9. The number of nitrogens with two attached hydrogens (primary N) is 1. The molecule has 0 spiro atoms. The summed E-state index contributed by atoms with van der Waals surface area (Å²) in [6, 6.07) is 3.84. The zero-order valence-electron chi connectivity index (χ0n) is 9.56. The molecule has 0 radical (unpaired) electrons. The standard InChI is InChI=1S/C11H17NO3S/c1-8-3-4-9(15-8)10(7-12)16-6-5-11(13)14-2/h3-4,10H,5-7,12H2,1-2H3. The summed E-state index contributed by atoms with van der Waals surface area (Å²) in [4.78, 5) is 10.9. The number of esters is 1. The number of hydrogen-bond acceptors (Lipinski definition) is 5. The number of carbonyl (C=O) groups is 1. The van der Waals surface area contributed by atoms with Gasteiger partial charge < -0.3 is 14.9 Å². The second-order valence-electron chi connectivity index (χ2n) is 3.37. The Morgan fingerprint density at radius 2 is 2.38 bits per heavy atom. The maximum atomic E-state index is 10.9. The van der Waals surface area contributed by atoms with Crippen LogP contribution in [0, 0.1) is 6.92 Å². The monoisotopic (exact) mass is 243 g/mol. The molecule has 5 heteroatoms. The Morgan fingerprint density at radius 1 is 1.62 bits per heavy atom. The quantitative estimate of drug-likeness (QED) is 0.773. The number of aryl methyl sites for hydroxylation is 1. The lowest BCUT2D eigenvalue weighted by Gasteiger charge is -2.10. The van der Waals surface area contributed by atoms with Gasteiger partial charge in [0, 0.05) is 12.3 Å². The van der Waals surface area contributed by atoms with E-state index in [1.807, 2.05) is 19.1 Å². The molecule has 16 heavy (non-hydrogen) atoms. The number of carbonyl (C=O) groups excluding carboxylic acids is 1. The van der Waals surface area contributed by atoms with Gasteiger partial charge in [0.15, 0.2) is 0 Å². The van der Waals surface area contributed by atoms with Crippen molar-refractivity contribution in [1.82, 2.24) is 0 Å². The van der Waals surface area contributed by atoms with Crippen molar-refractivity contribution in [1.29, 1.82) is 0 Å². The van der Waals surface area contributed by atoms with Crippen LogP contribution in [-0.2, 0) is 9.53 Å². The van der Waals surface area contributed by atoms with Gasteiger partial charge in [-0.3, -0.25) is 4.79 Å². The van der Waals surface area contributed by atoms with Crippen LogP contribution in [0.4, 0.5) is 0 Å². The molecule has 1 aromatic heterocycles. The van der Waals surface area contributed by atoms with E-state index in [9.17, 15) is 4.79 Å². The Hall–Kier alpha value is -0.940. The van der Waals surface area contributed by atoms with Crippen molar-refractivity contribution in [3.63, 3.8) is 0 Å². The van der Waals surface area contributed by atoms with Crippen LogP contribution < -0.4 is 5.73 Å². The van der Waals surface area contributed by atoms with E-state index in [0.29, 0.717) is 18.7 Å². The van der Waals surface area contributed by atoms with Gasteiger partial charge in [-0.1, -0.05) is 0 Å². The van der Waals surface area contributed by atoms with Crippen molar-refractivity contribution in [2.24, 2.45) is 5.73 Å². The van der Waals surface area contributed by atoms with Crippen molar-refractivity contribution in [2.45, 2.75) is 18.6 Å². The van der Waals surface area contributed by atoms with Gasteiger partial charge >= 0.3 is 5.97 Å². The second kappa shape index (κ2) is 6.60. The molecule has 1 atom stereocenters. The molecule has 1 unspecified atom stereocenters. The fourth-order valence-corrected chi connectivity index (χ4v) is 2.28. The highest BCUT2D eigenvalue weighted by Gasteiger charge is 2.14. The van der Waals surface area contributed by atoms with Gasteiger partial charge in [-0.05, 0) is 19.1 Å². The molecule has 4 nitrogen and oxygen atoms in total. The average molecular weight is 243 g/mol. The predicted molar refractivity (Wildman–Crippen MR) is 64.3 cm³/mol. The molecule has 0 aliphatic heterocycles. The van der Waals surface area contributed by atoms with Crippen LogP contribution in [-0.4, -0.2) is 25.4 Å². The van der Waals surface area contributed by atoms with Crippen LogP contribution in [0.1, 0.15) is 23.2 Å². The highest BCUT2D eigenvalue weighted by Crippen LogP contribution is 2.29. The van der Waals surface area contributed by atoms with E-state index in [0.717, 1.165) is 11.5 Å². The van der Waals surface area contributed by atoms with E-state index in [1.165, 1.54) is 7.11 Å². The van der Waals surface area contributed by atoms with Crippen molar-refractivity contribution < 1.29 is 13.9 Å². The summed E-state index contributed by atoms with van der Waals surface area (Å²) in [6.45, 7) is 2.40. The van der Waals surface area contributed by atoms with Crippen LogP contribution in [0.15, 0.2) is 16.5 Å². The van der Waals surface area contributed by atoms with Gasteiger partial charge in [0.25, 0.3) is 0 Å². The molecule has 90 valence electrons. The lowest BCUT2D eigenvalue weighted by Crippen LogP contribution is -2.10. The van der Waals surface area contributed by atoms with E-state index in [2.05, 4.69) is 4.74 Å². The molecule has 0 aliphatic rings. The Balaban J connectivity index is 2.41. The van der Waals surface area contributed by atoms with E-state index >= 15 is 0 Å². The number of rotatable bonds is 6. The van der Waals surface area contributed by atoms with Gasteiger partial charge in [-0.15, -0.1) is 11.8 Å². The summed E-state index contributed by atoms with van der Waals surface area (Å²) in [6.07, 6.45) is 0.400. The molecule has 0 bridgehead atoms. The van der Waals surface area contributed by atoms with Gasteiger partial charge in [-0.2, -0.15) is 0 Å². The first-order valence-electron chi connectivity index (χ1n) is 5.12. The van der Waals surface area contributed by atoms with Gasteiger partial charge in [0.05, 0.1) is 18.8 Å². The second-order valence-corrected chi connectivity index (χ2v) is 4.68. The smallest absolute Gasteiger partial charge is 0.306 e. The lowest BCUT2D eigenvalue weighted by atomic mass is 10.3. The Bertz CT molecular complexity index is 338. The van der Waals surface area contributed by atoms with Crippen LogP contribution in [0.2, 0.25) is 0 Å². The maximum Gasteiger partial charge on any atom is 0.306 e. The van der Waals surface area contributed by atoms with Crippen molar-refractivity contribution in [2.75, 3.05) is 19.4 Å². The minimum atomic E-state index is -0.195. The fraction of sp³-hybridized carbons (Fsp3) is 0.545. The summed E-state index contributed by atoms with van der Waals surface area (Å²) in [7, 11) is 1.39. The molecule has 0 saturated carbocycles. The molecule has 0 saturated heterocycles. The lowest BCUT2D eigenvalue weighted by molar-refractivity contribution is -0.140. The number of thioether (sulfide) groups is 1. The van der Waals surface area contributed by atoms with E-state index in [-0.39, 0.29) is 11.2 Å². The summed E-state index contributed by atoms with van der Waals surface area (Å²) >= 11 is 1.61. The number of hydrogen-bond donors (Lipinski definition) is 1. The van der Waals surface area contributed by atoms with Crippen LogP contribution >= 0.6 is 11.8 Å². The third-order valence-electron chi connectivity index (χ3n) is 2.15. The average Bonchev–Trinajstić information content (AvgIpc) is 2.70. The molecule has 0 aliphatic carbocycles. The third kappa shape index (κ3) is 3.90. The van der Waals surface area contributed by atoms with E-state index in [4.69, 9.17) is 10.2 Å². The summed E-state index contributed by atoms with van der Waals surface area (Å²) in [5, 5.41) is 0.110. The fourth-order valence-electron chi connectivity index (χ4n) is 1.28. The minimum absolute atomic E-state index is 0.110. The van der Waals surface area contributed by atoms with Crippen molar-refractivity contribution in [3.8, 4) is 0 Å². The van der Waals surface area contributed by atoms with Crippen molar-refractivity contribution in [3.05, 3.63) is 23.7 Å². The number of furan rings is 1. The molecule has 1 aromatic rings. The van der Waals surface area contributed by atoms with Crippen LogP contribution in [0.3, 0.4) is 0 Å². The first-order chi connectivity index (χ1) is 7.67. The molecule has 0 aromatic carbocycles. The highest BCUT2D eigenvalue weighted by atomic mass is 32.2. The first-order valence-corrected chi connectivity index (χ1v) is 6.17. The first kappa shape index (κ1) is 13.1. The molecule has 0 fully saturated rings. The largest absolute Gasteiger partial charge is 0.469 e. The topological polar surface area (TPSA) is 65.5 Å². The minimum Gasteiger partial charge on any atom is -0.469 e. The third-order valence-corrected chi connectivity index (χ3v) is 3.41. The van der Waals surface area contributed by atoms with Gasteiger partial charge in [0.1, 0.15) is 11.5 Å². The predicted octanol–water partition coefficient (Wildman–Crippen LogP) is 1.88. The molecular weight excluding hydrogens is 226 g/mol. The normalized spacial score (nSPS) is 12.4. The Kier molecular flexibility index (Phi) is 5.42. The summed E-state index contributed by atoms with van der Waals surface area (Å²) < 4.78 is 10.1. The number of ether oxygens (including phenoxy) is 1. The molecule has 1 rings (SSSR count). The van der Waals surface area contributed by atoms with E-state index in [1.54, 1.807) is 11.8 Å². The molecule has 2 N–H and O–H groups in total. The zero-order chi connectivity index (χ0) is 12.0. The van der Waals surface area contributed by atoms with Gasteiger partial charge in [0.2, 0.25) is 0 Å². The molecular formula is C11H17NO3S. The van der Waals surface area contributed by atoms with Crippen LogP contribution in [0.5, 0.6) is 0 Å². The van der Waals surface area contributed by atoms with Gasteiger partial charge in [-0.25, -0.2) is 0 Å². The van der Waals surface area contributed by atoms with E-state index < -0.39 is 0 Å². The van der Waals surface area contributed by atoms with Crippen molar-refractivity contribution >= 4 is 17.7 Å². The Morgan fingerprint density at radius 3 is 2.88 bits per heavy atom. The van der Waals surface area contributed by atoms with Crippen LogP contribution in [0.25, 0.3) is 0 Å².